The number of nitrogens with zero attached hydrogens (tertiary/aromatic N) is 2. The van der Waals surface area contributed by atoms with Crippen molar-refractivity contribution < 1.29 is 40.7 Å². The van der Waals surface area contributed by atoms with E-state index in [9.17, 15) is 35.9 Å². The second-order valence-corrected chi connectivity index (χ2v) is 5.60. The van der Waals surface area contributed by atoms with Crippen molar-refractivity contribution in [2.75, 3.05) is 26.2 Å². The molecule has 1 heterocycles. The van der Waals surface area contributed by atoms with Gasteiger partial charge in [0.2, 0.25) is 0 Å². The number of piperazine rings is 1. The fraction of sp³-hybridized carbons (Fsp3) is 0.467. The van der Waals surface area contributed by atoms with Gasteiger partial charge in [-0.2, -0.15) is 26.3 Å². The molecule has 1 aromatic rings. The van der Waals surface area contributed by atoms with Gasteiger partial charge in [-0.05, 0) is 17.7 Å². The highest BCUT2D eigenvalue weighted by Gasteiger charge is 2.43. The van der Waals surface area contributed by atoms with Crippen molar-refractivity contribution in [1.82, 2.24) is 9.80 Å². The van der Waals surface area contributed by atoms with E-state index in [1.165, 1.54) is 24.3 Å². The van der Waals surface area contributed by atoms with E-state index in [0.29, 0.717) is 12.1 Å². The van der Waals surface area contributed by atoms with Crippen LogP contribution in [-0.4, -0.2) is 60.2 Å². The zero-order valence-corrected chi connectivity index (χ0v) is 13.2. The molecule has 0 radical (unpaired) electrons. The van der Waals surface area contributed by atoms with Gasteiger partial charge in [0.25, 0.3) is 0 Å². The van der Waals surface area contributed by atoms with Crippen LogP contribution in [0.15, 0.2) is 24.3 Å². The van der Waals surface area contributed by atoms with Gasteiger partial charge in [-0.15, -0.1) is 0 Å². The Balaban J connectivity index is 1.85. The summed E-state index contributed by atoms with van der Waals surface area (Å²) in [4.78, 5) is 24.4. The minimum atomic E-state index is -5.09. The molecule has 0 bridgehead atoms. The van der Waals surface area contributed by atoms with E-state index in [2.05, 4.69) is 4.74 Å². The SMILES string of the molecule is O=C(Oc1ccc(CN2CCN(C(=O)C(F)(F)F)CC2)cc1)C(F)(F)F. The minimum Gasteiger partial charge on any atom is -0.420 e. The molecule has 0 atom stereocenters. The molecule has 0 N–H and O–H groups in total. The van der Waals surface area contributed by atoms with Crippen LogP contribution in [0.3, 0.4) is 0 Å². The lowest BCUT2D eigenvalue weighted by molar-refractivity contribution is -0.189. The quantitative estimate of drug-likeness (QED) is 0.456. The van der Waals surface area contributed by atoms with Crippen LogP contribution < -0.4 is 4.74 Å². The monoisotopic (exact) mass is 384 g/mol. The molecule has 144 valence electrons. The summed E-state index contributed by atoms with van der Waals surface area (Å²) in [7, 11) is 0. The van der Waals surface area contributed by atoms with Crippen LogP contribution in [-0.2, 0) is 16.1 Å². The Morgan fingerprint density at radius 3 is 1.88 bits per heavy atom. The molecule has 26 heavy (non-hydrogen) atoms. The first-order valence-corrected chi connectivity index (χ1v) is 7.43. The van der Waals surface area contributed by atoms with Crippen molar-refractivity contribution in [3.63, 3.8) is 0 Å². The number of esters is 1. The van der Waals surface area contributed by atoms with Gasteiger partial charge in [0, 0.05) is 32.7 Å². The van der Waals surface area contributed by atoms with E-state index >= 15 is 0 Å². The zero-order chi connectivity index (χ0) is 19.5. The number of carbonyl (C=O) groups is 2. The number of benzene rings is 1. The van der Waals surface area contributed by atoms with Gasteiger partial charge < -0.3 is 9.64 Å². The van der Waals surface area contributed by atoms with Gasteiger partial charge in [0.05, 0.1) is 0 Å². The molecule has 0 aliphatic carbocycles. The second-order valence-electron chi connectivity index (χ2n) is 5.60. The normalized spacial score (nSPS) is 16.5. The van der Waals surface area contributed by atoms with E-state index in [1.807, 2.05) is 0 Å². The van der Waals surface area contributed by atoms with Gasteiger partial charge in [-0.1, -0.05) is 12.1 Å². The van der Waals surface area contributed by atoms with Crippen LogP contribution in [0.25, 0.3) is 0 Å². The summed E-state index contributed by atoms with van der Waals surface area (Å²) in [6, 6.07) is 5.29. The summed E-state index contributed by atoms with van der Waals surface area (Å²) in [6.45, 7) is 0.653. The third kappa shape index (κ3) is 5.35. The predicted octanol–water partition coefficient (Wildman–Crippen LogP) is 2.36. The molecular weight excluding hydrogens is 370 g/mol. The Kier molecular flexibility index (Phi) is 5.79. The molecule has 11 heteroatoms. The molecule has 1 saturated heterocycles. The van der Waals surface area contributed by atoms with E-state index in [-0.39, 0.29) is 31.9 Å². The maximum absolute atomic E-state index is 12.4. The zero-order valence-electron chi connectivity index (χ0n) is 13.2. The highest BCUT2D eigenvalue weighted by molar-refractivity contribution is 5.82. The van der Waals surface area contributed by atoms with Crippen molar-refractivity contribution in [3.05, 3.63) is 29.8 Å². The highest BCUT2D eigenvalue weighted by atomic mass is 19.4. The second kappa shape index (κ2) is 7.52. The predicted molar refractivity (Wildman–Crippen MR) is 76.0 cm³/mol. The average molecular weight is 384 g/mol. The standard InChI is InChI=1S/C15H14F6N2O3/c16-14(17,18)12(24)23-7-5-22(6-8-23)9-10-1-3-11(4-2-10)26-13(25)15(19,20)21/h1-4H,5-9H2. The first-order chi connectivity index (χ1) is 12.0. The minimum absolute atomic E-state index is 0.0698. The van der Waals surface area contributed by atoms with Crippen LogP contribution in [0.2, 0.25) is 0 Å². The van der Waals surface area contributed by atoms with Crippen LogP contribution in [0.4, 0.5) is 26.3 Å². The maximum atomic E-state index is 12.4. The fourth-order valence-electron chi connectivity index (χ4n) is 2.37. The Labute approximate surface area is 144 Å². The molecule has 1 amide bonds. The van der Waals surface area contributed by atoms with Crippen LogP contribution >= 0.6 is 0 Å². The van der Waals surface area contributed by atoms with Gasteiger partial charge in [0.1, 0.15) is 5.75 Å². The van der Waals surface area contributed by atoms with Crippen molar-refractivity contribution in [1.29, 1.82) is 0 Å². The summed E-state index contributed by atoms with van der Waals surface area (Å²) in [5, 5.41) is 0. The third-order valence-electron chi connectivity index (χ3n) is 3.67. The van der Waals surface area contributed by atoms with Gasteiger partial charge in [-0.25, -0.2) is 4.79 Å². The lowest BCUT2D eigenvalue weighted by Gasteiger charge is -2.35. The summed E-state index contributed by atoms with van der Waals surface area (Å²) in [6.07, 6.45) is -9.99. The molecule has 1 aliphatic rings. The molecule has 0 saturated carbocycles. The topological polar surface area (TPSA) is 49.9 Å². The third-order valence-corrected chi connectivity index (χ3v) is 3.67. The molecule has 0 aromatic heterocycles. The number of amides is 1. The largest absolute Gasteiger partial charge is 0.491 e. The summed E-state index contributed by atoms with van der Waals surface area (Å²) in [5.41, 5.74) is 0.674. The van der Waals surface area contributed by atoms with Crippen LogP contribution in [0.1, 0.15) is 5.56 Å². The fourth-order valence-corrected chi connectivity index (χ4v) is 2.37. The average Bonchev–Trinajstić information content (AvgIpc) is 2.55. The van der Waals surface area contributed by atoms with Crippen molar-refractivity contribution in [3.8, 4) is 5.75 Å². The van der Waals surface area contributed by atoms with Crippen LogP contribution in [0.5, 0.6) is 5.75 Å². The summed E-state index contributed by atoms with van der Waals surface area (Å²) >= 11 is 0. The molecule has 1 aliphatic heterocycles. The smallest absolute Gasteiger partial charge is 0.420 e. The first kappa shape index (κ1) is 20.0. The van der Waals surface area contributed by atoms with Crippen LogP contribution in [0, 0.1) is 0 Å². The van der Waals surface area contributed by atoms with Gasteiger partial charge in [-0.3, -0.25) is 9.69 Å². The number of carbonyl (C=O) groups excluding carboxylic acids is 2. The number of halogens is 6. The Hall–Kier alpha value is -2.30. The Morgan fingerprint density at radius 1 is 0.885 bits per heavy atom. The molecule has 5 nitrogen and oxygen atoms in total. The lowest BCUT2D eigenvalue weighted by Crippen LogP contribution is -2.52. The first-order valence-electron chi connectivity index (χ1n) is 7.43. The van der Waals surface area contributed by atoms with Crippen molar-refractivity contribution >= 4 is 11.9 Å². The number of hydrogen-bond acceptors (Lipinski definition) is 4. The van der Waals surface area contributed by atoms with E-state index < -0.39 is 24.2 Å². The van der Waals surface area contributed by atoms with E-state index in [0.717, 1.165) is 4.90 Å². The Bertz CT molecular complexity index is 649. The maximum Gasteiger partial charge on any atom is 0.491 e. The molecule has 0 unspecified atom stereocenters. The number of alkyl halides is 6. The van der Waals surface area contributed by atoms with Gasteiger partial charge >= 0.3 is 24.2 Å². The number of rotatable bonds is 3. The number of ether oxygens (including phenoxy) is 1. The molecular formula is C15H14F6N2O3. The molecule has 1 fully saturated rings. The Morgan fingerprint density at radius 2 is 1.42 bits per heavy atom. The molecule has 2 rings (SSSR count). The van der Waals surface area contributed by atoms with Crippen molar-refractivity contribution in [2.45, 2.75) is 18.9 Å². The molecule has 1 aromatic carbocycles. The summed E-state index contributed by atoms with van der Waals surface area (Å²) < 4.78 is 77.6. The van der Waals surface area contributed by atoms with Crippen molar-refractivity contribution in [2.24, 2.45) is 0 Å². The highest BCUT2D eigenvalue weighted by Crippen LogP contribution is 2.22. The molecule has 0 spiro atoms. The van der Waals surface area contributed by atoms with E-state index in [1.54, 1.807) is 4.90 Å². The lowest BCUT2D eigenvalue weighted by atomic mass is 10.2. The number of hydrogen-bond donors (Lipinski definition) is 0. The van der Waals surface area contributed by atoms with Gasteiger partial charge in [0.15, 0.2) is 0 Å². The van der Waals surface area contributed by atoms with E-state index in [4.69, 9.17) is 0 Å². The summed E-state index contributed by atoms with van der Waals surface area (Å²) in [5.74, 6) is -4.46.